The van der Waals surface area contributed by atoms with Gasteiger partial charge in [0.05, 0.1) is 18.2 Å². The van der Waals surface area contributed by atoms with Crippen LogP contribution >= 0.6 is 11.3 Å². The fourth-order valence-electron chi connectivity index (χ4n) is 3.99. The summed E-state index contributed by atoms with van der Waals surface area (Å²) < 4.78 is 7.01. The van der Waals surface area contributed by atoms with E-state index in [0.29, 0.717) is 31.9 Å². The number of nitrogens with zero attached hydrogens (tertiary/aromatic N) is 4. The summed E-state index contributed by atoms with van der Waals surface area (Å²) in [5, 5.41) is 1.93. The smallest absolute Gasteiger partial charge is 0.272 e. The first-order valence-electron chi connectivity index (χ1n) is 8.61. The molecule has 0 spiro atoms. The number of fused-ring (bicyclic) bond motifs is 5. The SMILES string of the molecule is COCCN1C(=O)[C@H]2CC[C@@H]1CN(C(=O)c1c(C)nc3sccn13)C2. The number of carbonyl (C=O) groups is 2. The average molecular weight is 362 g/mol. The maximum atomic E-state index is 13.2. The second-order valence-electron chi connectivity index (χ2n) is 6.76. The summed E-state index contributed by atoms with van der Waals surface area (Å²) in [6.07, 6.45) is 3.69. The van der Waals surface area contributed by atoms with E-state index in [0.717, 1.165) is 23.5 Å². The van der Waals surface area contributed by atoms with Gasteiger partial charge in [-0.05, 0) is 19.8 Å². The van der Waals surface area contributed by atoms with Crippen molar-refractivity contribution in [2.45, 2.75) is 25.8 Å². The minimum absolute atomic E-state index is 0.0262. The van der Waals surface area contributed by atoms with Crippen LogP contribution in [-0.2, 0) is 9.53 Å². The zero-order valence-electron chi connectivity index (χ0n) is 14.5. The number of ether oxygens (including phenoxy) is 1. The largest absolute Gasteiger partial charge is 0.383 e. The summed E-state index contributed by atoms with van der Waals surface area (Å²) >= 11 is 1.52. The van der Waals surface area contributed by atoms with Crippen molar-refractivity contribution < 1.29 is 14.3 Å². The van der Waals surface area contributed by atoms with Crippen LogP contribution in [0.5, 0.6) is 0 Å². The molecule has 2 aromatic heterocycles. The maximum absolute atomic E-state index is 13.2. The molecule has 7 nitrogen and oxygen atoms in total. The molecule has 3 aliphatic heterocycles. The van der Waals surface area contributed by atoms with Gasteiger partial charge in [-0.2, -0.15) is 0 Å². The highest BCUT2D eigenvalue weighted by atomic mass is 32.1. The maximum Gasteiger partial charge on any atom is 0.272 e. The molecule has 0 saturated carbocycles. The van der Waals surface area contributed by atoms with E-state index >= 15 is 0 Å². The van der Waals surface area contributed by atoms with Gasteiger partial charge in [0, 0.05) is 44.4 Å². The second kappa shape index (κ2) is 6.42. The van der Waals surface area contributed by atoms with Crippen molar-refractivity contribution in [1.82, 2.24) is 19.2 Å². The number of carbonyl (C=O) groups excluding carboxylic acids is 2. The molecule has 134 valence electrons. The summed E-state index contributed by atoms with van der Waals surface area (Å²) in [6, 6.07) is 0.0801. The van der Waals surface area contributed by atoms with Gasteiger partial charge in [0.25, 0.3) is 5.91 Å². The number of hydrogen-bond donors (Lipinski definition) is 0. The Bertz CT molecular complexity index is 814. The lowest BCUT2D eigenvalue weighted by molar-refractivity contribution is -0.140. The lowest BCUT2D eigenvalue weighted by atomic mass is 9.94. The standard InChI is InChI=1S/C17H22N4O3S/c1-11-14(21-6-8-25-17(21)18-11)16(23)19-9-12-3-4-13(10-19)20(15(12)22)5-7-24-2/h6,8,12-13H,3-5,7,9-10H2,1-2H3/t12-,13+/m0/s1. The number of thiazole rings is 1. The van der Waals surface area contributed by atoms with E-state index < -0.39 is 0 Å². The van der Waals surface area contributed by atoms with Crippen molar-refractivity contribution in [3.05, 3.63) is 23.0 Å². The average Bonchev–Trinajstić information content (AvgIpc) is 3.02. The first-order chi connectivity index (χ1) is 12.1. The van der Waals surface area contributed by atoms with Gasteiger partial charge in [-0.15, -0.1) is 11.3 Å². The van der Waals surface area contributed by atoms with Crippen molar-refractivity contribution in [3.63, 3.8) is 0 Å². The fraction of sp³-hybridized carbons (Fsp3) is 0.588. The second-order valence-corrected chi connectivity index (χ2v) is 7.64. The van der Waals surface area contributed by atoms with Gasteiger partial charge in [0.2, 0.25) is 5.91 Å². The predicted molar refractivity (Wildman–Crippen MR) is 93.8 cm³/mol. The molecule has 2 amide bonds. The van der Waals surface area contributed by atoms with E-state index in [-0.39, 0.29) is 23.8 Å². The van der Waals surface area contributed by atoms with Crippen LogP contribution in [0.2, 0.25) is 0 Å². The van der Waals surface area contributed by atoms with E-state index in [1.165, 1.54) is 11.3 Å². The number of methoxy groups -OCH3 is 1. The van der Waals surface area contributed by atoms with Crippen molar-refractivity contribution in [2.24, 2.45) is 5.92 Å². The number of piperidine rings is 1. The molecule has 3 saturated heterocycles. The minimum Gasteiger partial charge on any atom is -0.383 e. The highest BCUT2D eigenvalue weighted by Crippen LogP contribution is 2.30. The normalized spacial score (nSPS) is 23.5. The Labute approximate surface area is 150 Å². The van der Waals surface area contributed by atoms with Crippen LogP contribution in [0.1, 0.15) is 29.0 Å². The number of hydrogen-bond acceptors (Lipinski definition) is 5. The summed E-state index contributed by atoms with van der Waals surface area (Å²) in [4.78, 5) is 35.0. The van der Waals surface area contributed by atoms with Crippen LogP contribution in [0, 0.1) is 12.8 Å². The predicted octanol–water partition coefficient (Wildman–Crippen LogP) is 1.41. The van der Waals surface area contributed by atoms with Gasteiger partial charge in [-0.3, -0.25) is 14.0 Å². The van der Waals surface area contributed by atoms with Gasteiger partial charge in [0.1, 0.15) is 5.69 Å². The highest BCUT2D eigenvalue weighted by Gasteiger charge is 2.42. The monoisotopic (exact) mass is 362 g/mol. The van der Waals surface area contributed by atoms with Gasteiger partial charge in [-0.1, -0.05) is 0 Å². The molecular formula is C17H22N4O3S. The Hall–Kier alpha value is -1.93. The Morgan fingerprint density at radius 3 is 3.04 bits per heavy atom. The van der Waals surface area contributed by atoms with Crippen molar-refractivity contribution in [1.29, 1.82) is 0 Å². The van der Waals surface area contributed by atoms with Crippen LogP contribution < -0.4 is 0 Å². The van der Waals surface area contributed by atoms with Crippen molar-refractivity contribution >= 4 is 28.1 Å². The zero-order valence-corrected chi connectivity index (χ0v) is 15.3. The van der Waals surface area contributed by atoms with Crippen LogP contribution in [0.3, 0.4) is 0 Å². The van der Waals surface area contributed by atoms with Crippen molar-refractivity contribution in [3.8, 4) is 0 Å². The Morgan fingerprint density at radius 2 is 2.24 bits per heavy atom. The van der Waals surface area contributed by atoms with Gasteiger partial charge in [0.15, 0.2) is 4.96 Å². The lowest BCUT2D eigenvalue weighted by Gasteiger charge is -2.35. The molecule has 0 aliphatic carbocycles. The van der Waals surface area contributed by atoms with Gasteiger partial charge < -0.3 is 14.5 Å². The fourth-order valence-corrected chi connectivity index (χ4v) is 4.75. The van der Waals surface area contributed by atoms with Crippen LogP contribution in [0.15, 0.2) is 11.6 Å². The van der Waals surface area contributed by atoms with Crippen LogP contribution in [0.25, 0.3) is 4.96 Å². The Morgan fingerprint density at radius 1 is 1.40 bits per heavy atom. The topological polar surface area (TPSA) is 67.2 Å². The third kappa shape index (κ3) is 2.73. The molecular weight excluding hydrogens is 340 g/mol. The molecule has 2 atom stereocenters. The van der Waals surface area contributed by atoms with E-state index in [4.69, 9.17) is 4.74 Å². The van der Waals surface area contributed by atoms with Crippen molar-refractivity contribution in [2.75, 3.05) is 33.4 Å². The van der Waals surface area contributed by atoms with E-state index in [1.807, 2.05) is 32.7 Å². The Balaban J connectivity index is 1.61. The highest BCUT2D eigenvalue weighted by molar-refractivity contribution is 7.15. The molecule has 0 N–H and O–H groups in total. The minimum atomic E-state index is -0.106. The zero-order chi connectivity index (χ0) is 17.6. The quantitative estimate of drug-likeness (QED) is 0.825. The van der Waals surface area contributed by atoms with Gasteiger partial charge in [-0.25, -0.2) is 4.98 Å². The number of aromatic nitrogens is 2. The molecule has 5 heterocycles. The molecule has 0 radical (unpaired) electrons. The van der Waals surface area contributed by atoms with Gasteiger partial charge >= 0.3 is 0 Å². The first-order valence-corrected chi connectivity index (χ1v) is 9.49. The number of imidazole rings is 1. The van der Waals surface area contributed by atoms with E-state index in [1.54, 1.807) is 7.11 Å². The van der Waals surface area contributed by atoms with E-state index in [2.05, 4.69) is 4.98 Å². The van der Waals surface area contributed by atoms with Crippen LogP contribution in [-0.4, -0.2) is 70.4 Å². The first kappa shape index (κ1) is 16.5. The van der Waals surface area contributed by atoms with Crippen LogP contribution in [0.4, 0.5) is 0 Å². The number of rotatable bonds is 4. The number of aryl methyl sites for hydroxylation is 1. The summed E-state index contributed by atoms with van der Waals surface area (Å²) in [7, 11) is 1.64. The summed E-state index contributed by atoms with van der Waals surface area (Å²) in [5.41, 5.74) is 1.37. The molecule has 25 heavy (non-hydrogen) atoms. The molecule has 8 heteroatoms. The molecule has 3 aliphatic rings. The molecule has 2 aromatic rings. The molecule has 2 bridgehead atoms. The molecule has 0 unspecified atom stereocenters. The Kier molecular flexibility index (Phi) is 4.24. The summed E-state index contributed by atoms with van der Waals surface area (Å²) in [5.74, 6) is 0.0294. The number of amides is 2. The lowest BCUT2D eigenvalue weighted by Crippen LogP contribution is -2.49. The molecule has 5 rings (SSSR count). The summed E-state index contributed by atoms with van der Waals surface area (Å²) in [6.45, 7) is 4.07. The third-order valence-corrected chi connectivity index (χ3v) is 6.01. The molecule has 3 fully saturated rings. The van der Waals surface area contributed by atoms with E-state index in [9.17, 15) is 9.59 Å². The molecule has 0 aromatic carbocycles. The third-order valence-electron chi connectivity index (χ3n) is 5.26.